The van der Waals surface area contributed by atoms with E-state index in [0.29, 0.717) is 23.9 Å². The summed E-state index contributed by atoms with van der Waals surface area (Å²) in [6.45, 7) is 3.82. The van der Waals surface area contributed by atoms with Gasteiger partial charge in [-0.2, -0.15) is 0 Å². The molecule has 0 fully saturated rings. The number of amides is 2. The van der Waals surface area contributed by atoms with Crippen molar-refractivity contribution in [1.29, 1.82) is 0 Å². The minimum absolute atomic E-state index is 0.0420. The van der Waals surface area contributed by atoms with Crippen LogP contribution in [0.15, 0.2) is 40.8 Å². The molecule has 1 atom stereocenters. The third kappa shape index (κ3) is 3.06. The van der Waals surface area contributed by atoms with E-state index < -0.39 is 0 Å². The molecule has 0 aliphatic carbocycles. The summed E-state index contributed by atoms with van der Waals surface area (Å²) in [6.07, 6.45) is 1.20. The Morgan fingerprint density at radius 2 is 2.08 bits per heavy atom. The molecule has 26 heavy (non-hydrogen) atoms. The number of fused-ring (bicyclic) bond motifs is 2. The minimum Gasteiger partial charge on any atom is -0.449 e. The number of furan rings is 1. The second-order valence-electron chi connectivity index (χ2n) is 6.61. The number of nitrogens with zero attached hydrogens (tertiary/aromatic N) is 1. The Balaban J connectivity index is 1.52. The van der Waals surface area contributed by atoms with Gasteiger partial charge in [-0.1, -0.05) is 12.1 Å². The van der Waals surface area contributed by atoms with Crippen LogP contribution < -0.4 is 10.6 Å². The van der Waals surface area contributed by atoms with Crippen LogP contribution >= 0.6 is 0 Å². The number of carbonyl (C=O) groups is 2. The van der Waals surface area contributed by atoms with Crippen LogP contribution in [0.2, 0.25) is 0 Å². The van der Waals surface area contributed by atoms with E-state index in [9.17, 15) is 9.59 Å². The third-order valence-electron chi connectivity index (χ3n) is 4.61. The highest BCUT2D eigenvalue weighted by atomic mass is 16.3. The predicted molar refractivity (Wildman–Crippen MR) is 98.0 cm³/mol. The lowest BCUT2D eigenvalue weighted by molar-refractivity contribution is -0.116. The Kier molecular flexibility index (Phi) is 3.95. The van der Waals surface area contributed by atoms with Gasteiger partial charge in [0.05, 0.1) is 6.04 Å². The molecular formula is C20H19N3O3. The van der Waals surface area contributed by atoms with Crippen LogP contribution in [0.1, 0.15) is 46.8 Å². The maximum absolute atomic E-state index is 12.5. The number of hydrogen-bond donors (Lipinski definition) is 2. The number of nitrogens with one attached hydrogen (secondary N) is 2. The van der Waals surface area contributed by atoms with Gasteiger partial charge in [0.15, 0.2) is 11.3 Å². The number of hydrogen-bond acceptors (Lipinski definition) is 4. The van der Waals surface area contributed by atoms with Gasteiger partial charge in [0.2, 0.25) is 5.91 Å². The molecule has 0 unspecified atom stereocenters. The zero-order chi connectivity index (χ0) is 18.3. The molecule has 132 valence electrons. The number of benzene rings is 1. The topological polar surface area (TPSA) is 84.2 Å². The van der Waals surface area contributed by atoms with Crippen molar-refractivity contribution in [3.05, 3.63) is 59.0 Å². The quantitative estimate of drug-likeness (QED) is 0.758. The lowest BCUT2D eigenvalue weighted by Crippen LogP contribution is -2.26. The highest BCUT2D eigenvalue weighted by molar-refractivity contribution is 5.96. The third-order valence-corrected chi connectivity index (χ3v) is 4.61. The van der Waals surface area contributed by atoms with Gasteiger partial charge in [-0.15, -0.1) is 0 Å². The van der Waals surface area contributed by atoms with Crippen molar-refractivity contribution in [2.24, 2.45) is 0 Å². The smallest absolute Gasteiger partial charge is 0.287 e. The second kappa shape index (κ2) is 6.29. The fourth-order valence-corrected chi connectivity index (χ4v) is 3.16. The van der Waals surface area contributed by atoms with Crippen molar-refractivity contribution >= 4 is 28.6 Å². The molecule has 2 amide bonds. The largest absolute Gasteiger partial charge is 0.449 e. The normalized spacial score (nSPS) is 14.6. The number of carbonyl (C=O) groups excluding carboxylic acids is 2. The molecule has 6 nitrogen and oxygen atoms in total. The lowest BCUT2D eigenvalue weighted by atomic mass is 9.98. The van der Waals surface area contributed by atoms with Crippen LogP contribution in [0.3, 0.4) is 0 Å². The van der Waals surface area contributed by atoms with Gasteiger partial charge in [0.25, 0.3) is 5.91 Å². The first kappa shape index (κ1) is 16.3. The van der Waals surface area contributed by atoms with Crippen molar-refractivity contribution in [3.63, 3.8) is 0 Å². The highest BCUT2D eigenvalue weighted by Crippen LogP contribution is 2.26. The van der Waals surface area contributed by atoms with E-state index in [0.717, 1.165) is 22.5 Å². The van der Waals surface area contributed by atoms with Crippen molar-refractivity contribution in [1.82, 2.24) is 10.3 Å². The van der Waals surface area contributed by atoms with Gasteiger partial charge in [-0.25, -0.2) is 4.98 Å². The summed E-state index contributed by atoms with van der Waals surface area (Å²) in [5, 5.41) is 5.82. The van der Waals surface area contributed by atoms with Gasteiger partial charge in [-0.3, -0.25) is 9.59 Å². The summed E-state index contributed by atoms with van der Waals surface area (Å²) < 4.78 is 5.60. The van der Waals surface area contributed by atoms with Crippen LogP contribution in [0.25, 0.3) is 11.1 Å². The molecule has 0 saturated heterocycles. The maximum atomic E-state index is 12.5. The van der Waals surface area contributed by atoms with Crippen molar-refractivity contribution in [2.45, 2.75) is 32.7 Å². The number of aromatic nitrogens is 1. The maximum Gasteiger partial charge on any atom is 0.287 e. The van der Waals surface area contributed by atoms with E-state index in [4.69, 9.17) is 4.42 Å². The van der Waals surface area contributed by atoms with E-state index in [1.807, 2.05) is 44.2 Å². The zero-order valence-electron chi connectivity index (χ0n) is 14.6. The van der Waals surface area contributed by atoms with E-state index >= 15 is 0 Å². The molecule has 2 aromatic heterocycles. The first-order valence-corrected chi connectivity index (χ1v) is 8.60. The summed E-state index contributed by atoms with van der Waals surface area (Å²) in [4.78, 5) is 28.3. The monoisotopic (exact) mass is 349 g/mol. The molecule has 0 saturated carbocycles. The first-order chi connectivity index (χ1) is 12.5. The first-order valence-electron chi connectivity index (χ1n) is 8.60. The van der Waals surface area contributed by atoms with E-state index in [1.165, 1.54) is 0 Å². The summed E-state index contributed by atoms with van der Waals surface area (Å²) >= 11 is 0. The Bertz CT molecular complexity index is 1020. The Morgan fingerprint density at radius 3 is 2.92 bits per heavy atom. The van der Waals surface area contributed by atoms with Gasteiger partial charge < -0.3 is 15.1 Å². The summed E-state index contributed by atoms with van der Waals surface area (Å²) in [7, 11) is 0. The van der Waals surface area contributed by atoms with Gasteiger partial charge in [0, 0.05) is 23.9 Å². The van der Waals surface area contributed by atoms with Crippen molar-refractivity contribution in [3.8, 4) is 0 Å². The molecule has 0 radical (unpaired) electrons. The summed E-state index contributed by atoms with van der Waals surface area (Å²) in [5.41, 5.74) is 5.07. The number of pyridine rings is 1. The molecule has 0 spiro atoms. The van der Waals surface area contributed by atoms with Crippen LogP contribution in [0.5, 0.6) is 0 Å². The Hall–Kier alpha value is -3.15. The van der Waals surface area contributed by atoms with Crippen LogP contribution in [-0.4, -0.2) is 16.8 Å². The van der Waals surface area contributed by atoms with E-state index in [1.54, 1.807) is 6.07 Å². The highest BCUT2D eigenvalue weighted by Gasteiger charge is 2.19. The number of anilines is 1. The second-order valence-corrected chi connectivity index (χ2v) is 6.61. The minimum atomic E-state index is -0.279. The molecule has 1 aliphatic heterocycles. The van der Waals surface area contributed by atoms with E-state index in [2.05, 4.69) is 15.6 Å². The summed E-state index contributed by atoms with van der Waals surface area (Å²) in [6, 6.07) is 11.0. The molecule has 1 aromatic carbocycles. The molecule has 4 rings (SSSR count). The molecule has 0 bridgehead atoms. The molecule has 3 aromatic rings. The fraction of sp³-hybridized carbons (Fsp3) is 0.250. The molecular weight excluding hydrogens is 330 g/mol. The molecule has 3 heterocycles. The van der Waals surface area contributed by atoms with Gasteiger partial charge >= 0.3 is 0 Å². The molecule has 2 N–H and O–H groups in total. The van der Waals surface area contributed by atoms with Gasteiger partial charge in [0.1, 0.15) is 5.52 Å². The SMILES string of the molecule is Cc1ccc2oc(C(=O)N[C@@H](C)c3ccc4c(c3)CCC(=O)N4)cc2n1. The predicted octanol–water partition coefficient (Wildman–Crippen LogP) is 3.51. The average molecular weight is 349 g/mol. The van der Waals surface area contributed by atoms with Crippen LogP contribution in [-0.2, 0) is 11.2 Å². The Labute approximate surface area is 150 Å². The van der Waals surface area contributed by atoms with E-state index in [-0.39, 0.29) is 23.6 Å². The molecule has 1 aliphatic rings. The number of rotatable bonds is 3. The van der Waals surface area contributed by atoms with Crippen LogP contribution in [0.4, 0.5) is 5.69 Å². The summed E-state index contributed by atoms with van der Waals surface area (Å²) in [5.74, 6) is 0.00897. The fourth-order valence-electron chi connectivity index (χ4n) is 3.16. The van der Waals surface area contributed by atoms with Crippen LogP contribution in [0, 0.1) is 6.92 Å². The van der Waals surface area contributed by atoms with Gasteiger partial charge in [-0.05, 0) is 49.6 Å². The van der Waals surface area contributed by atoms with Crippen molar-refractivity contribution < 1.29 is 14.0 Å². The standard InChI is InChI=1S/C20H19N3O3/c1-11-3-7-17-16(21-11)10-18(26-17)20(25)22-12(2)13-4-6-15-14(9-13)5-8-19(24)23-15/h3-4,6-7,9-10,12H,5,8H2,1-2H3,(H,22,25)(H,23,24)/t12-/m0/s1. The molecule has 6 heteroatoms. The van der Waals surface area contributed by atoms with Crippen molar-refractivity contribution in [2.75, 3.05) is 5.32 Å². The Morgan fingerprint density at radius 1 is 1.23 bits per heavy atom. The lowest BCUT2D eigenvalue weighted by Gasteiger charge is -2.20. The number of aryl methyl sites for hydroxylation is 2. The average Bonchev–Trinajstić information content (AvgIpc) is 3.04. The zero-order valence-corrected chi connectivity index (χ0v) is 14.6.